The third-order valence-corrected chi connectivity index (χ3v) is 4.85. The number of nitrogens with zero attached hydrogens (tertiary/aromatic N) is 2. The monoisotopic (exact) mass is 373 g/mol. The van der Waals surface area contributed by atoms with Crippen LogP contribution in [-0.2, 0) is 0 Å². The molecule has 3 nitrogen and oxygen atoms in total. The first-order valence-electron chi connectivity index (χ1n) is 9.29. The number of aromatic nitrogens is 1. The van der Waals surface area contributed by atoms with Gasteiger partial charge in [0, 0.05) is 22.4 Å². The van der Waals surface area contributed by atoms with Gasteiger partial charge in [-0.15, -0.1) is 0 Å². The number of anilines is 1. The summed E-state index contributed by atoms with van der Waals surface area (Å²) in [6.07, 6.45) is 1.80. The SMILES string of the molecule is C=Cc1cccc(-c2cc(-c3ccccc3N)nc(-c3ccccc3)c2C#N)c1. The first kappa shape index (κ1) is 18.2. The zero-order chi connectivity index (χ0) is 20.2. The minimum absolute atomic E-state index is 0.538. The molecule has 1 heterocycles. The van der Waals surface area contributed by atoms with E-state index in [0.29, 0.717) is 16.9 Å². The zero-order valence-electron chi connectivity index (χ0n) is 15.8. The second-order valence-electron chi connectivity index (χ2n) is 6.67. The lowest BCUT2D eigenvalue weighted by Gasteiger charge is -2.14. The van der Waals surface area contributed by atoms with Crippen LogP contribution in [0.3, 0.4) is 0 Å². The van der Waals surface area contributed by atoms with Crippen LogP contribution in [0.2, 0.25) is 0 Å². The summed E-state index contributed by atoms with van der Waals surface area (Å²) in [4.78, 5) is 4.85. The Balaban J connectivity index is 2.06. The van der Waals surface area contributed by atoms with Gasteiger partial charge >= 0.3 is 0 Å². The number of rotatable bonds is 4. The van der Waals surface area contributed by atoms with Gasteiger partial charge in [-0.3, -0.25) is 0 Å². The number of nitriles is 1. The number of hydrogen-bond acceptors (Lipinski definition) is 3. The van der Waals surface area contributed by atoms with Crippen molar-refractivity contribution >= 4 is 11.8 Å². The second kappa shape index (κ2) is 7.84. The predicted molar refractivity (Wildman–Crippen MR) is 120 cm³/mol. The quantitative estimate of drug-likeness (QED) is 0.434. The van der Waals surface area contributed by atoms with Crippen molar-refractivity contribution in [3.8, 4) is 39.7 Å². The molecule has 4 rings (SSSR count). The molecule has 1 aromatic heterocycles. The van der Waals surface area contributed by atoms with E-state index >= 15 is 0 Å². The van der Waals surface area contributed by atoms with Crippen LogP contribution >= 0.6 is 0 Å². The molecule has 138 valence electrons. The van der Waals surface area contributed by atoms with Crippen LogP contribution in [0.5, 0.6) is 0 Å². The first-order chi connectivity index (χ1) is 14.2. The summed E-state index contributed by atoms with van der Waals surface area (Å²) < 4.78 is 0. The highest BCUT2D eigenvalue weighted by Gasteiger charge is 2.17. The van der Waals surface area contributed by atoms with Gasteiger partial charge in [0.15, 0.2) is 0 Å². The molecule has 0 fully saturated rings. The maximum atomic E-state index is 10.0. The maximum absolute atomic E-state index is 10.0. The molecule has 4 aromatic rings. The molecule has 29 heavy (non-hydrogen) atoms. The molecule has 0 radical (unpaired) electrons. The minimum Gasteiger partial charge on any atom is -0.398 e. The van der Waals surface area contributed by atoms with Crippen LogP contribution < -0.4 is 5.73 Å². The lowest BCUT2D eigenvalue weighted by atomic mass is 9.93. The highest BCUT2D eigenvalue weighted by Crippen LogP contribution is 2.36. The van der Waals surface area contributed by atoms with E-state index in [1.165, 1.54) is 0 Å². The van der Waals surface area contributed by atoms with Crippen LogP contribution in [0.15, 0.2) is 91.5 Å². The lowest BCUT2D eigenvalue weighted by molar-refractivity contribution is 1.30. The standard InChI is InChI=1S/C26H19N3/c1-2-18-9-8-12-20(15-18)22-16-25(21-13-6-7-14-24(21)28)29-26(23(22)17-27)19-10-4-3-5-11-19/h2-16H,1,28H2. The number of nitrogen functional groups attached to an aromatic ring is 1. The maximum Gasteiger partial charge on any atom is 0.102 e. The smallest absolute Gasteiger partial charge is 0.102 e. The van der Waals surface area contributed by atoms with Crippen LogP contribution in [0, 0.1) is 11.3 Å². The third-order valence-electron chi connectivity index (χ3n) is 4.85. The molecule has 0 spiro atoms. The van der Waals surface area contributed by atoms with Crippen molar-refractivity contribution in [2.45, 2.75) is 0 Å². The summed E-state index contributed by atoms with van der Waals surface area (Å²) in [5.74, 6) is 0. The van der Waals surface area contributed by atoms with E-state index in [9.17, 15) is 5.26 Å². The van der Waals surface area contributed by atoms with Crippen LogP contribution in [0.4, 0.5) is 5.69 Å². The summed E-state index contributed by atoms with van der Waals surface area (Å²) in [6.45, 7) is 3.86. The molecular weight excluding hydrogens is 354 g/mol. The van der Waals surface area contributed by atoms with Crippen molar-refractivity contribution in [3.05, 3.63) is 103 Å². The molecule has 3 heteroatoms. The Bertz CT molecular complexity index is 1230. The Kier molecular flexibility index (Phi) is 4.92. The van der Waals surface area contributed by atoms with Gasteiger partial charge < -0.3 is 5.73 Å². The van der Waals surface area contributed by atoms with Gasteiger partial charge in [-0.05, 0) is 29.3 Å². The van der Waals surface area contributed by atoms with Crippen LogP contribution in [-0.4, -0.2) is 4.98 Å². The van der Waals surface area contributed by atoms with Crippen LogP contribution in [0.25, 0.3) is 39.7 Å². The second-order valence-corrected chi connectivity index (χ2v) is 6.67. The molecule has 0 atom stereocenters. The third kappa shape index (κ3) is 3.52. The van der Waals surface area contributed by atoms with Crippen molar-refractivity contribution in [1.82, 2.24) is 4.98 Å². The summed E-state index contributed by atoms with van der Waals surface area (Å²) in [6, 6.07) is 29.7. The first-order valence-corrected chi connectivity index (χ1v) is 9.29. The van der Waals surface area contributed by atoms with Gasteiger partial charge in [-0.2, -0.15) is 5.26 Å². The Morgan fingerprint density at radius 3 is 2.28 bits per heavy atom. The Labute approximate surface area is 170 Å². The molecule has 0 aliphatic carbocycles. The van der Waals surface area contributed by atoms with Crippen molar-refractivity contribution in [2.24, 2.45) is 0 Å². The van der Waals surface area contributed by atoms with Gasteiger partial charge in [0.25, 0.3) is 0 Å². The van der Waals surface area contributed by atoms with E-state index in [0.717, 1.165) is 33.5 Å². The number of benzene rings is 3. The molecule has 0 unspecified atom stereocenters. The summed E-state index contributed by atoms with van der Waals surface area (Å²) in [7, 11) is 0. The Hall–Kier alpha value is -4.16. The predicted octanol–water partition coefficient (Wildman–Crippen LogP) is 6.18. The largest absolute Gasteiger partial charge is 0.398 e. The number of pyridine rings is 1. The Morgan fingerprint density at radius 1 is 0.828 bits per heavy atom. The number of nitrogens with two attached hydrogens (primary N) is 1. The summed E-state index contributed by atoms with van der Waals surface area (Å²) >= 11 is 0. The van der Waals surface area contributed by atoms with Crippen molar-refractivity contribution < 1.29 is 0 Å². The molecule has 3 aromatic carbocycles. The molecule has 0 saturated heterocycles. The molecule has 2 N–H and O–H groups in total. The molecule has 0 bridgehead atoms. The zero-order valence-corrected chi connectivity index (χ0v) is 15.8. The van der Waals surface area contributed by atoms with E-state index in [1.54, 1.807) is 6.08 Å². The fourth-order valence-electron chi connectivity index (χ4n) is 3.39. The minimum atomic E-state index is 0.538. The normalized spacial score (nSPS) is 10.3. The molecular formula is C26H19N3. The van der Waals surface area contributed by atoms with Crippen molar-refractivity contribution in [3.63, 3.8) is 0 Å². The van der Waals surface area contributed by atoms with E-state index in [-0.39, 0.29) is 0 Å². The fourth-order valence-corrected chi connectivity index (χ4v) is 3.39. The lowest BCUT2D eigenvalue weighted by Crippen LogP contribution is -1.99. The van der Waals surface area contributed by atoms with E-state index in [4.69, 9.17) is 10.7 Å². The summed E-state index contributed by atoms with van der Waals surface area (Å²) in [5, 5.41) is 10.0. The van der Waals surface area contributed by atoms with Crippen molar-refractivity contribution in [2.75, 3.05) is 5.73 Å². The highest BCUT2D eigenvalue weighted by atomic mass is 14.7. The average Bonchev–Trinajstić information content (AvgIpc) is 2.79. The van der Waals surface area contributed by atoms with Gasteiger partial charge in [0.1, 0.15) is 6.07 Å². The molecule has 0 amide bonds. The molecule has 0 saturated carbocycles. The Morgan fingerprint density at radius 2 is 1.55 bits per heavy atom. The number of para-hydroxylation sites is 1. The van der Waals surface area contributed by atoms with E-state index < -0.39 is 0 Å². The highest BCUT2D eigenvalue weighted by molar-refractivity contribution is 5.86. The molecule has 0 aliphatic heterocycles. The fraction of sp³-hybridized carbons (Fsp3) is 0. The van der Waals surface area contributed by atoms with E-state index in [1.807, 2.05) is 84.9 Å². The van der Waals surface area contributed by atoms with Gasteiger partial charge in [-0.1, -0.05) is 79.4 Å². The van der Waals surface area contributed by atoms with Crippen molar-refractivity contribution in [1.29, 1.82) is 5.26 Å². The molecule has 0 aliphatic rings. The van der Waals surface area contributed by atoms with Gasteiger partial charge in [-0.25, -0.2) is 4.98 Å². The van der Waals surface area contributed by atoms with Gasteiger partial charge in [0.05, 0.1) is 17.0 Å². The van der Waals surface area contributed by atoms with Crippen LogP contribution in [0.1, 0.15) is 11.1 Å². The van der Waals surface area contributed by atoms with E-state index in [2.05, 4.69) is 12.6 Å². The number of hydrogen-bond donors (Lipinski definition) is 1. The topological polar surface area (TPSA) is 62.7 Å². The van der Waals surface area contributed by atoms with Gasteiger partial charge in [0.2, 0.25) is 0 Å². The average molecular weight is 373 g/mol. The summed E-state index contributed by atoms with van der Waals surface area (Å²) in [5.41, 5.74) is 13.3.